The van der Waals surface area contributed by atoms with Gasteiger partial charge in [0.25, 0.3) is 0 Å². The van der Waals surface area contributed by atoms with Crippen LogP contribution in [-0.4, -0.2) is 40.8 Å². The van der Waals surface area contributed by atoms with Gasteiger partial charge in [-0.05, 0) is 55.0 Å². The molecule has 1 amide bonds. The summed E-state index contributed by atoms with van der Waals surface area (Å²) in [6, 6.07) is 10.3. The number of aromatic amines is 1. The first kappa shape index (κ1) is 25.0. The van der Waals surface area contributed by atoms with E-state index in [1.54, 1.807) is 6.20 Å². The number of benzene rings is 1. The number of hydrogen-bond donors (Lipinski definition) is 2. The number of nitrogens with zero attached hydrogens (tertiary/aromatic N) is 6. The molecule has 10 nitrogen and oxygen atoms in total. The van der Waals surface area contributed by atoms with Crippen molar-refractivity contribution in [1.82, 2.24) is 40.2 Å². The van der Waals surface area contributed by atoms with Crippen molar-refractivity contribution in [3.63, 3.8) is 0 Å². The first-order valence-corrected chi connectivity index (χ1v) is 13.3. The van der Waals surface area contributed by atoms with Gasteiger partial charge in [0.2, 0.25) is 5.89 Å². The Kier molecular flexibility index (Phi) is 6.05. The Morgan fingerprint density at radius 1 is 1.15 bits per heavy atom. The molecule has 0 saturated carbocycles. The van der Waals surface area contributed by atoms with Gasteiger partial charge in [0.05, 0.1) is 6.04 Å². The number of rotatable bonds is 4. The van der Waals surface area contributed by atoms with Crippen LogP contribution in [0, 0.1) is 6.92 Å². The number of hydrogen-bond acceptors (Lipinski definition) is 7. The zero-order valence-corrected chi connectivity index (χ0v) is 22.9. The van der Waals surface area contributed by atoms with Crippen molar-refractivity contribution in [2.24, 2.45) is 7.05 Å². The van der Waals surface area contributed by atoms with Crippen LogP contribution in [0.4, 0.5) is 0 Å². The number of amides is 1. The van der Waals surface area contributed by atoms with E-state index in [2.05, 4.69) is 48.8 Å². The minimum Gasteiger partial charge on any atom is -0.416 e. The lowest BCUT2D eigenvalue weighted by Gasteiger charge is -2.19. The maximum absolute atomic E-state index is 13.0. The number of aromatic nitrogens is 7. The Morgan fingerprint density at radius 3 is 2.74 bits per heavy atom. The number of pyridine rings is 1. The smallest absolute Gasteiger partial charge is 0.309 e. The molecule has 0 unspecified atom stereocenters. The van der Waals surface area contributed by atoms with E-state index >= 15 is 0 Å². The second-order valence-corrected chi connectivity index (χ2v) is 11.3. The quantitative estimate of drug-likeness (QED) is 0.309. The number of imidazole rings is 1. The lowest BCUT2D eigenvalue weighted by Crippen LogP contribution is -2.29. The Hall–Kier alpha value is -4.34. The number of nitrogens with one attached hydrogen (secondary N) is 2. The molecule has 200 valence electrons. The van der Waals surface area contributed by atoms with Gasteiger partial charge in [0, 0.05) is 29.9 Å². The minimum atomic E-state index is -0.343. The second-order valence-electron chi connectivity index (χ2n) is 11.3. The molecule has 10 heteroatoms. The summed E-state index contributed by atoms with van der Waals surface area (Å²) >= 11 is 0. The summed E-state index contributed by atoms with van der Waals surface area (Å²) in [6.07, 6.45) is 5.66. The first-order chi connectivity index (χ1) is 18.7. The topological polar surface area (TPSA) is 127 Å². The van der Waals surface area contributed by atoms with E-state index in [9.17, 15) is 4.79 Å². The van der Waals surface area contributed by atoms with E-state index in [0.717, 1.165) is 64.9 Å². The van der Waals surface area contributed by atoms with Crippen molar-refractivity contribution in [3.05, 3.63) is 65.1 Å². The molecular formula is C29H32N8O2. The average Bonchev–Trinajstić information content (AvgIpc) is 3.61. The zero-order valence-electron chi connectivity index (χ0n) is 22.9. The van der Waals surface area contributed by atoms with Crippen molar-refractivity contribution in [3.8, 4) is 22.6 Å². The van der Waals surface area contributed by atoms with Gasteiger partial charge in [-0.3, -0.25) is 9.48 Å². The summed E-state index contributed by atoms with van der Waals surface area (Å²) in [5.74, 6) is 0.798. The number of H-pyrrole nitrogens is 1. The Bertz CT molecular complexity index is 1670. The lowest BCUT2D eigenvalue weighted by molar-refractivity contribution is 0.0896. The fourth-order valence-corrected chi connectivity index (χ4v) is 5.08. The number of carbonyl (C=O) groups is 1. The molecule has 6 rings (SSSR count). The summed E-state index contributed by atoms with van der Waals surface area (Å²) in [6.45, 7) is 7.93. The third-order valence-electron chi connectivity index (χ3n) is 7.33. The predicted molar refractivity (Wildman–Crippen MR) is 147 cm³/mol. The fourth-order valence-electron chi connectivity index (χ4n) is 5.08. The molecule has 0 bridgehead atoms. The van der Waals surface area contributed by atoms with Crippen LogP contribution >= 0.6 is 0 Å². The summed E-state index contributed by atoms with van der Waals surface area (Å²) < 4.78 is 7.51. The van der Waals surface area contributed by atoms with E-state index in [4.69, 9.17) is 9.40 Å². The highest BCUT2D eigenvalue weighted by Crippen LogP contribution is 2.35. The highest BCUT2D eigenvalue weighted by molar-refractivity contribution is 5.92. The van der Waals surface area contributed by atoms with Gasteiger partial charge in [0.15, 0.2) is 11.5 Å². The van der Waals surface area contributed by atoms with Crippen molar-refractivity contribution >= 4 is 17.1 Å². The SMILES string of the molecule is Cc1cc(-c2nc3c(-c4ccc5c(c4)CCCC[C@H]5NC(=O)c4nnc(C(C)(C)C)o4)ccnc3[nH]2)nn1C. The molecule has 0 radical (unpaired) electrons. The Balaban J connectivity index is 1.31. The van der Waals surface area contributed by atoms with Crippen molar-refractivity contribution < 1.29 is 9.21 Å². The molecule has 5 aromatic rings. The fraction of sp³-hybridized carbons (Fsp3) is 0.379. The van der Waals surface area contributed by atoms with Crippen LogP contribution in [0.1, 0.15) is 79.5 Å². The van der Waals surface area contributed by atoms with Gasteiger partial charge in [-0.1, -0.05) is 45.4 Å². The number of fused-ring (bicyclic) bond motifs is 2. The zero-order chi connectivity index (χ0) is 27.3. The largest absolute Gasteiger partial charge is 0.416 e. The van der Waals surface area contributed by atoms with E-state index < -0.39 is 0 Å². The first-order valence-electron chi connectivity index (χ1n) is 13.3. The molecule has 0 fully saturated rings. The standard InChI is InChI=1S/C29H32N8O2/c1-16-14-22(36-37(16)5)24-32-23-20(12-13-30-25(23)33-24)18-10-11-19-17(15-18)8-6-7-9-21(19)31-26(38)27-34-35-28(39-27)29(2,3)4/h10-15,21H,6-9H2,1-5H3,(H,31,38)(H,30,32,33)/t21-/m1/s1. The normalized spacial score (nSPS) is 15.8. The number of aryl methyl sites for hydroxylation is 3. The minimum absolute atomic E-state index is 0.000967. The molecule has 0 saturated heterocycles. The summed E-state index contributed by atoms with van der Waals surface area (Å²) in [4.78, 5) is 25.7. The Morgan fingerprint density at radius 2 is 2.00 bits per heavy atom. The van der Waals surface area contributed by atoms with Crippen molar-refractivity contribution in [1.29, 1.82) is 0 Å². The molecule has 0 aliphatic heterocycles. The molecule has 1 aliphatic carbocycles. The van der Waals surface area contributed by atoms with Crippen molar-refractivity contribution in [2.75, 3.05) is 0 Å². The molecule has 1 aromatic carbocycles. The summed E-state index contributed by atoms with van der Waals surface area (Å²) in [5, 5.41) is 15.8. The lowest BCUT2D eigenvalue weighted by atomic mass is 9.94. The predicted octanol–water partition coefficient (Wildman–Crippen LogP) is 5.21. The highest BCUT2D eigenvalue weighted by atomic mass is 16.4. The molecule has 39 heavy (non-hydrogen) atoms. The van der Waals surface area contributed by atoms with Gasteiger partial charge in [-0.2, -0.15) is 5.10 Å². The van der Waals surface area contributed by atoms with Crippen LogP contribution < -0.4 is 5.32 Å². The van der Waals surface area contributed by atoms with Gasteiger partial charge in [-0.25, -0.2) is 9.97 Å². The molecule has 1 aliphatic rings. The van der Waals surface area contributed by atoms with Crippen LogP contribution in [0.2, 0.25) is 0 Å². The number of carbonyl (C=O) groups excluding carboxylic acids is 1. The molecule has 2 N–H and O–H groups in total. The van der Waals surface area contributed by atoms with Gasteiger partial charge in [0.1, 0.15) is 11.2 Å². The molecule has 1 atom stereocenters. The monoisotopic (exact) mass is 524 g/mol. The molecule has 4 heterocycles. The van der Waals surface area contributed by atoms with E-state index in [0.29, 0.717) is 11.7 Å². The average molecular weight is 525 g/mol. The van der Waals surface area contributed by atoms with Gasteiger partial charge >= 0.3 is 11.8 Å². The van der Waals surface area contributed by atoms with E-state index in [1.807, 2.05) is 51.6 Å². The van der Waals surface area contributed by atoms with Crippen LogP contribution in [0.5, 0.6) is 0 Å². The highest BCUT2D eigenvalue weighted by Gasteiger charge is 2.27. The summed E-state index contributed by atoms with van der Waals surface area (Å²) in [7, 11) is 1.92. The van der Waals surface area contributed by atoms with E-state index in [-0.39, 0.29) is 23.3 Å². The molecule has 0 spiro atoms. The molecular weight excluding hydrogens is 492 g/mol. The maximum atomic E-state index is 13.0. The second kappa shape index (κ2) is 9.44. The van der Waals surface area contributed by atoms with Crippen LogP contribution in [0.3, 0.4) is 0 Å². The third-order valence-corrected chi connectivity index (χ3v) is 7.33. The van der Waals surface area contributed by atoms with Gasteiger partial charge in [-0.15, -0.1) is 10.2 Å². The van der Waals surface area contributed by atoms with Crippen LogP contribution in [0.25, 0.3) is 33.8 Å². The van der Waals surface area contributed by atoms with Crippen molar-refractivity contribution in [2.45, 2.75) is 64.8 Å². The maximum Gasteiger partial charge on any atom is 0.309 e. The molecule has 4 aromatic heterocycles. The summed E-state index contributed by atoms with van der Waals surface area (Å²) in [5.41, 5.74) is 7.46. The van der Waals surface area contributed by atoms with Crippen LogP contribution in [0.15, 0.2) is 40.9 Å². The van der Waals surface area contributed by atoms with E-state index in [1.165, 1.54) is 5.56 Å². The third kappa shape index (κ3) is 4.71. The Labute approximate surface area is 226 Å². The van der Waals surface area contributed by atoms with Gasteiger partial charge < -0.3 is 14.7 Å². The van der Waals surface area contributed by atoms with Crippen LogP contribution in [-0.2, 0) is 18.9 Å².